The Labute approximate surface area is 145 Å². The van der Waals surface area contributed by atoms with Gasteiger partial charge in [-0.15, -0.1) is 0 Å². The van der Waals surface area contributed by atoms with Gasteiger partial charge in [0.25, 0.3) is 0 Å². The summed E-state index contributed by atoms with van der Waals surface area (Å²) in [6, 6.07) is 6.45. The Morgan fingerprint density at radius 3 is 1.92 bits per heavy atom. The Morgan fingerprint density at radius 1 is 0.875 bits per heavy atom. The molecule has 0 amide bonds. The second kappa shape index (κ2) is 11.7. The van der Waals surface area contributed by atoms with Gasteiger partial charge in [-0.05, 0) is 43.0 Å². The van der Waals surface area contributed by atoms with Crippen LogP contribution in [0.25, 0.3) is 0 Å². The summed E-state index contributed by atoms with van der Waals surface area (Å²) >= 11 is 0. The molecule has 0 bridgehead atoms. The number of carbonyl (C=O) groups is 2. The first kappa shape index (κ1) is 20.2. The lowest BCUT2D eigenvalue weighted by Crippen LogP contribution is -2.14. The van der Waals surface area contributed by atoms with Crippen LogP contribution in [0.2, 0.25) is 0 Å². The smallest absolute Gasteiger partial charge is 0.338 e. The third-order valence-electron chi connectivity index (χ3n) is 4.08. The third-order valence-corrected chi connectivity index (χ3v) is 4.08. The van der Waals surface area contributed by atoms with E-state index in [9.17, 15) is 9.59 Å². The van der Waals surface area contributed by atoms with Crippen LogP contribution >= 0.6 is 0 Å². The van der Waals surface area contributed by atoms with Crippen molar-refractivity contribution < 1.29 is 19.1 Å². The summed E-state index contributed by atoms with van der Waals surface area (Å²) in [6.45, 7) is 7.20. The Morgan fingerprint density at radius 2 is 1.42 bits per heavy atom. The molecule has 0 heterocycles. The molecule has 0 aliphatic rings. The Balaban J connectivity index is 2.49. The van der Waals surface area contributed by atoms with Gasteiger partial charge in [-0.25, -0.2) is 9.59 Å². The summed E-state index contributed by atoms with van der Waals surface area (Å²) in [7, 11) is 0. The molecule has 0 aliphatic carbocycles. The Hall–Kier alpha value is -1.84. The average molecular weight is 334 g/mol. The summed E-state index contributed by atoms with van der Waals surface area (Å²) in [5.74, 6) is -0.272. The van der Waals surface area contributed by atoms with Crippen LogP contribution in [0.1, 0.15) is 80.0 Å². The molecule has 0 saturated heterocycles. The molecular formula is C20H30O4. The number of ether oxygens (including phenoxy) is 2. The first-order chi connectivity index (χ1) is 11.6. The normalized spacial score (nSPS) is 11.8. The first-order valence-electron chi connectivity index (χ1n) is 9.06. The molecule has 1 aromatic rings. The third kappa shape index (κ3) is 7.16. The molecule has 0 aliphatic heterocycles. The van der Waals surface area contributed by atoms with Crippen molar-refractivity contribution in [2.24, 2.45) is 5.92 Å². The molecule has 0 aromatic heterocycles. The lowest BCUT2D eigenvalue weighted by molar-refractivity contribution is 0.0425. The fraction of sp³-hybridized carbons (Fsp3) is 0.600. The number of benzene rings is 1. The molecule has 0 N–H and O–H groups in total. The summed E-state index contributed by atoms with van der Waals surface area (Å²) < 4.78 is 10.5. The Kier molecular flexibility index (Phi) is 9.81. The van der Waals surface area contributed by atoms with E-state index in [4.69, 9.17) is 9.47 Å². The minimum Gasteiger partial charge on any atom is -0.462 e. The lowest BCUT2D eigenvalue weighted by Gasteiger charge is -2.14. The van der Waals surface area contributed by atoms with Crippen molar-refractivity contribution in [2.75, 3.05) is 13.2 Å². The zero-order valence-corrected chi connectivity index (χ0v) is 15.2. The van der Waals surface area contributed by atoms with Crippen molar-refractivity contribution in [3.63, 3.8) is 0 Å². The summed E-state index contributed by atoms with van der Waals surface area (Å²) in [5, 5.41) is 0. The van der Waals surface area contributed by atoms with Crippen molar-refractivity contribution in [3.8, 4) is 0 Å². The van der Waals surface area contributed by atoms with Gasteiger partial charge >= 0.3 is 11.9 Å². The molecule has 4 heteroatoms. The maximum absolute atomic E-state index is 12.1. The van der Waals surface area contributed by atoms with E-state index in [1.165, 1.54) is 0 Å². The van der Waals surface area contributed by atoms with Gasteiger partial charge in [0.2, 0.25) is 0 Å². The maximum atomic E-state index is 12.1. The van der Waals surface area contributed by atoms with Crippen LogP contribution in [0.4, 0.5) is 0 Å². The van der Waals surface area contributed by atoms with Crippen LogP contribution in [-0.2, 0) is 9.47 Å². The van der Waals surface area contributed by atoms with E-state index in [1.54, 1.807) is 24.3 Å². The molecular weight excluding hydrogens is 304 g/mol. The zero-order valence-electron chi connectivity index (χ0n) is 15.2. The molecule has 4 nitrogen and oxygen atoms in total. The molecule has 0 fully saturated rings. The predicted octanol–water partition coefficient (Wildman–Crippen LogP) is 5.02. The molecule has 134 valence electrons. The van der Waals surface area contributed by atoms with E-state index in [1.807, 2.05) is 6.92 Å². The highest BCUT2D eigenvalue weighted by molar-refractivity contribution is 5.93. The van der Waals surface area contributed by atoms with Crippen LogP contribution in [-0.4, -0.2) is 25.2 Å². The first-order valence-corrected chi connectivity index (χ1v) is 9.06. The quantitative estimate of drug-likeness (QED) is 0.421. The van der Waals surface area contributed by atoms with E-state index in [-0.39, 0.29) is 11.9 Å². The lowest BCUT2D eigenvalue weighted by atomic mass is 10.0. The monoisotopic (exact) mass is 334 g/mol. The van der Waals surface area contributed by atoms with E-state index in [0.717, 1.165) is 38.5 Å². The largest absolute Gasteiger partial charge is 0.462 e. The van der Waals surface area contributed by atoms with Crippen molar-refractivity contribution >= 4 is 11.9 Å². The van der Waals surface area contributed by atoms with Gasteiger partial charge in [-0.2, -0.15) is 0 Å². The molecule has 0 saturated carbocycles. The van der Waals surface area contributed by atoms with Gasteiger partial charge in [-0.1, -0.05) is 46.5 Å². The van der Waals surface area contributed by atoms with Crippen LogP contribution in [0.15, 0.2) is 24.3 Å². The summed E-state index contributed by atoms with van der Waals surface area (Å²) in [4.78, 5) is 23.9. The zero-order chi connectivity index (χ0) is 17.8. The number of hydrogen-bond donors (Lipinski definition) is 0. The number of rotatable bonds is 11. The van der Waals surface area contributed by atoms with Crippen molar-refractivity contribution in [1.29, 1.82) is 0 Å². The average Bonchev–Trinajstić information content (AvgIpc) is 2.62. The number of hydrogen-bond acceptors (Lipinski definition) is 4. The SMILES string of the molecule is CCCCOC(=O)c1ccc(C(=O)OCC(CC)CCCC)cc1. The van der Waals surface area contributed by atoms with Gasteiger partial charge in [0.05, 0.1) is 24.3 Å². The van der Waals surface area contributed by atoms with Gasteiger partial charge in [0, 0.05) is 0 Å². The summed E-state index contributed by atoms with van der Waals surface area (Å²) in [5.41, 5.74) is 0.919. The van der Waals surface area contributed by atoms with Crippen LogP contribution in [0.3, 0.4) is 0 Å². The van der Waals surface area contributed by atoms with E-state index in [0.29, 0.717) is 30.3 Å². The van der Waals surface area contributed by atoms with E-state index < -0.39 is 0 Å². The fourth-order valence-corrected chi connectivity index (χ4v) is 2.31. The molecule has 1 atom stereocenters. The van der Waals surface area contributed by atoms with Crippen molar-refractivity contribution in [2.45, 2.75) is 59.3 Å². The summed E-state index contributed by atoms with van der Waals surface area (Å²) in [6.07, 6.45) is 6.24. The second-order valence-corrected chi connectivity index (χ2v) is 6.08. The highest BCUT2D eigenvalue weighted by Crippen LogP contribution is 2.14. The van der Waals surface area contributed by atoms with E-state index in [2.05, 4.69) is 13.8 Å². The molecule has 24 heavy (non-hydrogen) atoms. The minimum absolute atomic E-state index is 0.337. The topological polar surface area (TPSA) is 52.6 Å². The number of esters is 2. The van der Waals surface area contributed by atoms with E-state index >= 15 is 0 Å². The minimum atomic E-state index is -0.353. The van der Waals surface area contributed by atoms with Gasteiger partial charge in [-0.3, -0.25) is 0 Å². The maximum Gasteiger partial charge on any atom is 0.338 e. The highest BCUT2D eigenvalue weighted by Gasteiger charge is 2.13. The van der Waals surface area contributed by atoms with Crippen LogP contribution in [0, 0.1) is 5.92 Å². The van der Waals surface area contributed by atoms with Crippen molar-refractivity contribution in [1.82, 2.24) is 0 Å². The molecule has 1 unspecified atom stereocenters. The van der Waals surface area contributed by atoms with Crippen LogP contribution in [0.5, 0.6) is 0 Å². The van der Waals surface area contributed by atoms with Gasteiger partial charge in [0.1, 0.15) is 0 Å². The van der Waals surface area contributed by atoms with Crippen LogP contribution < -0.4 is 0 Å². The Bertz CT molecular complexity index is 493. The highest BCUT2D eigenvalue weighted by atomic mass is 16.5. The van der Waals surface area contributed by atoms with Gasteiger partial charge < -0.3 is 9.47 Å². The molecule has 0 spiro atoms. The van der Waals surface area contributed by atoms with Crippen molar-refractivity contribution in [3.05, 3.63) is 35.4 Å². The number of carbonyl (C=O) groups excluding carboxylic acids is 2. The standard InChI is InChI=1S/C20H30O4/c1-4-7-9-16(6-3)15-24-20(22)18-12-10-17(11-13-18)19(21)23-14-8-5-2/h10-13,16H,4-9,14-15H2,1-3H3. The molecule has 0 radical (unpaired) electrons. The van der Waals surface area contributed by atoms with Gasteiger partial charge in [0.15, 0.2) is 0 Å². The molecule has 1 aromatic carbocycles. The predicted molar refractivity (Wildman–Crippen MR) is 95.2 cm³/mol. The number of unbranched alkanes of at least 4 members (excludes halogenated alkanes) is 2. The second-order valence-electron chi connectivity index (χ2n) is 6.08. The fourth-order valence-electron chi connectivity index (χ4n) is 2.31. The molecule has 1 rings (SSSR count).